The third-order valence-electron chi connectivity index (χ3n) is 1.40. The molecule has 1 heterocycles. The van der Waals surface area contributed by atoms with Crippen LogP contribution in [0.3, 0.4) is 0 Å². The maximum absolute atomic E-state index is 4.16. The minimum atomic E-state index is 0.506. The zero-order valence-corrected chi connectivity index (χ0v) is 7.11. The van der Waals surface area contributed by atoms with Crippen LogP contribution in [0, 0.1) is 5.92 Å². The number of hydrogen-bond acceptors (Lipinski definition) is 2. The molecule has 10 heavy (non-hydrogen) atoms. The maximum atomic E-state index is 4.16. The summed E-state index contributed by atoms with van der Waals surface area (Å²) < 4.78 is 0. The van der Waals surface area contributed by atoms with Crippen LogP contribution in [0.25, 0.3) is 5.57 Å². The van der Waals surface area contributed by atoms with Crippen molar-refractivity contribution < 1.29 is 0 Å². The van der Waals surface area contributed by atoms with Crippen LogP contribution in [-0.4, -0.2) is 4.98 Å². The predicted octanol–water partition coefficient (Wildman–Crippen LogP) is 2.81. The first-order valence-corrected chi connectivity index (χ1v) is 4.18. The van der Waals surface area contributed by atoms with Crippen molar-refractivity contribution in [1.82, 2.24) is 4.98 Å². The van der Waals surface area contributed by atoms with Crippen molar-refractivity contribution in [2.45, 2.75) is 13.8 Å². The second-order valence-corrected chi connectivity index (χ2v) is 3.41. The molecule has 0 atom stereocenters. The smallest absolute Gasteiger partial charge is 0.118 e. The van der Waals surface area contributed by atoms with E-state index in [1.807, 2.05) is 11.6 Å². The van der Waals surface area contributed by atoms with Gasteiger partial charge < -0.3 is 0 Å². The number of thiazole rings is 1. The summed E-state index contributed by atoms with van der Waals surface area (Å²) in [7, 11) is 0. The van der Waals surface area contributed by atoms with E-state index in [0.29, 0.717) is 5.92 Å². The van der Waals surface area contributed by atoms with Crippen LogP contribution in [0.5, 0.6) is 0 Å². The molecule has 1 rings (SSSR count). The Morgan fingerprint density at radius 2 is 2.40 bits per heavy atom. The minimum Gasteiger partial charge on any atom is -0.245 e. The Balaban J connectivity index is 2.78. The summed E-state index contributed by atoms with van der Waals surface area (Å²) in [6.07, 6.45) is 1.81. The predicted molar refractivity (Wildman–Crippen MR) is 46.0 cm³/mol. The molecular formula is C8H11NS. The summed E-state index contributed by atoms with van der Waals surface area (Å²) >= 11 is 1.65. The third kappa shape index (κ3) is 1.45. The average Bonchev–Trinajstić information content (AvgIpc) is 2.36. The Hall–Kier alpha value is -0.630. The average molecular weight is 153 g/mol. The Kier molecular flexibility index (Phi) is 2.22. The van der Waals surface area contributed by atoms with Crippen molar-refractivity contribution in [2.75, 3.05) is 0 Å². The van der Waals surface area contributed by atoms with Crippen LogP contribution < -0.4 is 0 Å². The van der Waals surface area contributed by atoms with Crippen LogP contribution in [0.4, 0.5) is 0 Å². The first-order chi connectivity index (χ1) is 4.72. The van der Waals surface area contributed by atoms with Crippen LogP contribution in [-0.2, 0) is 0 Å². The molecule has 1 aromatic heterocycles. The van der Waals surface area contributed by atoms with Gasteiger partial charge in [-0.05, 0) is 11.5 Å². The van der Waals surface area contributed by atoms with Crippen LogP contribution in [0.15, 0.2) is 18.2 Å². The fourth-order valence-electron chi connectivity index (χ4n) is 0.629. The number of nitrogens with zero attached hydrogens (tertiary/aromatic N) is 1. The van der Waals surface area contributed by atoms with E-state index in [1.165, 1.54) is 0 Å². The molecule has 0 unspecified atom stereocenters. The van der Waals surface area contributed by atoms with E-state index in [-0.39, 0.29) is 0 Å². The first kappa shape index (κ1) is 7.48. The van der Waals surface area contributed by atoms with E-state index < -0.39 is 0 Å². The molecule has 2 heteroatoms. The molecule has 0 saturated carbocycles. The van der Waals surface area contributed by atoms with Gasteiger partial charge in [0.1, 0.15) is 5.01 Å². The fraction of sp³-hybridized carbons (Fsp3) is 0.375. The molecule has 0 saturated heterocycles. The molecule has 0 amide bonds. The standard InChI is InChI=1S/C8H11NS/c1-6(2)7(3)8-9-4-5-10-8/h4-6H,3H2,1-2H3. The molecule has 0 N–H and O–H groups in total. The van der Waals surface area contributed by atoms with Gasteiger partial charge in [0.05, 0.1) is 0 Å². The normalized spacial score (nSPS) is 10.3. The molecule has 1 nitrogen and oxygen atoms in total. The van der Waals surface area contributed by atoms with E-state index in [9.17, 15) is 0 Å². The minimum absolute atomic E-state index is 0.506. The Labute approximate surface area is 65.4 Å². The molecule has 0 aromatic carbocycles. The zero-order chi connectivity index (χ0) is 7.56. The van der Waals surface area contributed by atoms with Gasteiger partial charge in [0.2, 0.25) is 0 Å². The Bertz CT molecular complexity index is 211. The van der Waals surface area contributed by atoms with Gasteiger partial charge in [-0.1, -0.05) is 20.4 Å². The molecule has 1 aromatic rings. The number of aromatic nitrogens is 1. The van der Waals surface area contributed by atoms with Crippen LogP contribution in [0.2, 0.25) is 0 Å². The van der Waals surface area contributed by atoms with E-state index in [4.69, 9.17) is 0 Å². The summed E-state index contributed by atoms with van der Waals surface area (Å²) in [6, 6.07) is 0. The lowest BCUT2D eigenvalue weighted by atomic mass is 10.1. The van der Waals surface area contributed by atoms with Gasteiger partial charge in [-0.2, -0.15) is 0 Å². The SMILES string of the molecule is C=C(c1nccs1)C(C)C. The van der Waals surface area contributed by atoms with Gasteiger partial charge in [-0.15, -0.1) is 11.3 Å². The van der Waals surface area contributed by atoms with Crippen molar-refractivity contribution >= 4 is 16.9 Å². The van der Waals surface area contributed by atoms with Crippen molar-refractivity contribution in [3.8, 4) is 0 Å². The number of hydrogen-bond donors (Lipinski definition) is 0. The Morgan fingerprint density at radius 1 is 1.70 bits per heavy atom. The molecule has 0 radical (unpaired) electrons. The van der Waals surface area contributed by atoms with E-state index in [2.05, 4.69) is 25.4 Å². The van der Waals surface area contributed by atoms with Crippen LogP contribution >= 0.6 is 11.3 Å². The number of allylic oxidation sites excluding steroid dienone is 1. The second-order valence-electron chi connectivity index (χ2n) is 2.52. The maximum Gasteiger partial charge on any atom is 0.118 e. The zero-order valence-electron chi connectivity index (χ0n) is 6.29. The van der Waals surface area contributed by atoms with Gasteiger partial charge in [0, 0.05) is 11.6 Å². The summed E-state index contributed by atoms with van der Waals surface area (Å²) in [6.45, 7) is 8.20. The lowest BCUT2D eigenvalue weighted by molar-refractivity contribution is 0.856. The van der Waals surface area contributed by atoms with E-state index in [0.717, 1.165) is 10.6 Å². The largest absolute Gasteiger partial charge is 0.245 e. The van der Waals surface area contributed by atoms with Crippen molar-refractivity contribution in [3.63, 3.8) is 0 Å². The van der Waals surface area contributed by atoms with Gasteiger partial charge >= 0.3 is 0 Å². The molecule has 0 fully saturated rings. The molecule has 0 aliphatic rings. The molecule has 0 aliphatic heterocycles. The van der Waals surface area contributed by atoms with Crippen molar-refractivity contribution in [2.24, 2.45) is 5.92 Å². The molecule has 0 bridgehead atoms. The highest BCUT2D eigenvalue weighted by atomic mass is 32.1. The quantitative estimate of drug-likeness (QED) is 0.636. The lowest BCUT2D eigenvalue weighted by Crippen LogP contribution is -1.89. The number of rotatable bonds is 2. The van der Waals surface area contributed by atoms with Gasteiger partial charge in [-0.25, -0.2) is 4.98 Å². The topological polar surface area (TPSA) is 12.9 Å². The van der Waals surface area contributed by atoms with Gasteiger partial charge in [0.15, 0.2) is 0 Å². The lowest BCUT2D eigenvalue weighted by Gasteiger charge is -2.03. The summed E-state index contributed by atoms with van der Waals surface area (Å²) in [4.78, 5) is 4.16. The summed E-state index contributed by atoms with van der Waals surface area (Å²) in [5.41, 5.74) is 1.13. The monoisotopic (exact) mass is 153 g/mol. The molecule has 0 aliphatic carbocycles. The van der Waals surface area contributed by atoms with Crippen molar-refractivity contribution in [3.05, 3.63) is 23.2 Å². The van der Waals surface area contributed by atoms with Crippen LogP contribution in [0.1, 0.15) is 18.9 Å². The second kappa shape index (κ2) is 2.97. The molecule has 0 spiro atoms. The highest BCUT2D eigenvalue weighted by Gasteiger charge is 2.04. The van der Waals surface area contributed by atoms with Gasteiger partial charge in [0.25, 0.3) is 0 Å². The first-order valence-electron chi connectivity index (χ1n) is 3.30. The highest BCUT2D eigenvalue weighted by Crippen LogP contribution is 2.21. The van der Waals surface area contributed by atoms with E-state index in [1.54, 1.807) is 11.3 Å². The fourth-order valence-corrected chi connectivity index (χ4v) is 1.39. The van der Waals surface area contributed by atoms with Crippen molar-refractivity contribution in [1.29, 1.82) is 0 Å². The van der Waals surface area contributed by atoms with Gasteiger partial charge in [-0.3, -0.25) is 0 Å². The molecule has 54 valence electrons. The molecular weight excluding hydrogens is 142 g/mol. The highest BCUT2D eigenvalue weighted by molar-refractivity contribution is 7.10. The summed E-state index contributed by atoms with van der Waals surface area (Å²) in [5, 5.41) is 3.04. The summed E-state index contributed by atoms with van der Waals surface area (Å²) in [5.74, 6) is 0.506. The Morgan fingerprint density at radius 3 is 2.80 bits per heavy atom. The van der Waals surface area contributed by atoms with E-state index >= 15 is 0 Å². The third-order valence-corrected chi connectivity index (χ3v) is 2.25.